The van der Waals surface area contributed by atoms with Gasteiger partial charge in [-0.1, -0.05) is 56.6 Å². The molecule has 0 aliphatic carbocycles. The fourth-order valence-corrected chi connectivity index (χ4v) is 4.84. The molecule has 0 bridgehead atoms. The second-order valence-corrected chi connectivity index (χ2v) is 10.5. The first-order valence-electron chi connectivity index (χ1n) is 12.1. The van der Waals surface area contributed by atoms with Gasteiger partial charge in [-0.3, -0.25) is 14.5 Å². The van der Waals surface area contributed by atoms with Crippen molar-refractivity contribution in [1.82, 2.24) is 0 Å². The number of fused-ring (bicyclic) bond motifs is 2. The third-order valence-corrected chi connectivity index (χ3v) is 6.82. The maximum Gasteiger partial charge on any atom is 0.338 e. The Bertz CT molecular complexity index is 1580. The molecule has 7 heteroatoms. The van der Waals surface area contributed by atoms with Gasteiger partial charge in [0.2, 0.25) is 5.76 Å². The molecule has 1 atom stereocenters. The van der Waals surface area contributed by atoms with Crippen LogP contribution in [0.5, 0.6) is 0 Å². The summed E-state index contributed by atoms with van der Waals surface area (Å²) in [6.07, 6.45) is 0. The van der Waals surface area contributed by atoms with Crippen molar-refractivity contribution in [3.63, 3.8) is 0 Å². The third-order valence-electron chi connectivity index (χ3n) is 6.58. The smallest absolute Gasteiger partial charge is 0.338 e. The summed E-state index contributed by atoms with van der Waals surface area (Å²) >= 11 is 6.18. The Morgan fingerprint density at radius 3 is 2.30 bits per heavy atom. The summed E-state index contributed by atoms with van der Waals surface area (Å²) in [7, 11) is 0. The largest absolute Gasteiger partial charge is 0.462 e. The number of esters is 1. The van der Waals surface area contributed by atoms with Crippen molar-refractivity contribution in [1.29, 1.82) is 0 Å². The monoisotopic (exact) mass is 515 g/mol. The number of hydrogen-bond acceptors (Lipinski definition) is 5. The van der Waals surface area contributed by atoms with Crippen LogP contribution in [-0.4, -0.2) is 18.5 Å². The van der Waals surface area contributed by atoms with Crippen molar-refractivity contribution in [2.24, 2.45) is 0 Å². The number of benzene rings is 3. The molecule has 4 aromatic rings. The van der Waals surface area contributed by atoms with E-state index in [0.29, 0.717) is 27.2 Å². The van der Waals surface area contributed by atoms with Crippen LogP contribution in [0, 0.1) is 0 Å². The minimum atomic E-state index is -0.718. The van der Waals surface area contributed by atoms with Crippen LogP contribution in [-0.2, 0) is 10.2 Å². The highest BCUT2D eigenvalue weighted by Gasteiger charge is 2.43. The fourth-order valence-electron chi connectivity index (χ4n) is 4.66. The lowest BCUT2D eigenvalue weighted by molar-refractivity contribution is 0.0526. The first-order valence-corrected chi connectivity index (χ1v) is 12.5. The van der Waals surface area contributed by atoms with Crippen molar-refractivity contribution in [3.8, 4) is 0 Å². The van der Waals surface area contributed by atoms with Crippen molar-refractivity contribution >= 4 is 40.1 Å². The van der Waals surface area contributed by atoms with Gasteiger partial charge in [0.15, 0.2) is 5.43 Å². The van der Waals surface area contributed by atoms with E-state index < -0.39 is 17.9 Å². The number of anilines is 1. The van der Waals surface area contributed by atoms with Crippen molar-refractivity contribution in [2.75, 3.05) is 11.5 Å². The van der Waals surface area contributed by atoms with Gasteiger partial charge < -0.3 is 9.15 Å². The number of rotatable bonds is 4. The highest BCUT2D eigenvalue weighted by Crippen LogP contribution is 2.42. The molecular weight excluding hydrogens is 490 g/mol. The maximum atomic E-state index is 13.8. The summed E-state index contributed by atoms with van der Waals surface area (Å²) in [5.41, 5.74) is 2.98. The Kier molecular flexibility index (Phi) is 6.16. The van der Waals surface area contributed by atoms with Gasteiger partial charge in [-0.2, -0.15) is 0 Å². The molecule has 0 spiro atoms. The Labute approximate surface area is 219 Å². The van der Waals surface area contributed by atoms with E-state index >= 15 is 0 Å². The Balaban J connectivity index is 1.70. The third kappa shape index (κ3) is 4.31. The topological polar surface area (TPSA) is 76.8 Å². The Morgan fingerprint density at radius 1 is 1.00 bits per heavy atom. The quantitative estimate of drug-likeness (QED) is 0.284. The number of nitrogens with zero attached hydrogens (tertiary/aromatic N) is 1. The van der Waals surface area contributed by atoms with Gasteiger partial charge in [-0.15, -0.1) is 0 Å². The lowest BCUT2D eigenvalue weighted by Crippen LogP contribution is -2.29. The van der Waals surface area contributed by atoms with Crippen molar-refractivity contribution in [3.05, 3.63) is 110 Å². The molecule has 1 aliphatic rings. The number of amides is 1. The van der Waals surface area contributed by atoms with Crippen LogP contribution in [0.2, 0.25) is 5.02 Å². The SMILES string of the molecule is CCOC(=O)c1ccc(N2C(=O)c3oc4ccc(Cl)cc4c(=O)c3C2c2ccc(C(C)(C)C)cc2)cc1. The lowest BCUT2D eigenvalue weighted by atomic mass is 9.86. The second-order valence-electron chi connectivity index (χ2n) is 10.0. The maximum absolute atomic E-state index is 13.8. The summed E-state index contributed by atoms with van der Waals surface area (Å²) in [6, 6.07) is 18.5. The number of halogens is 1. The predicted octanol–water partition coefficient (Wildman–Crippen LogP) is 6.67. The van der Waals surface area contributed by atoms with E-state index in [1.165, 1.54) is 4.90 Å². The molecule has 0 saturated carbocycles. The van der Waals surface area contributed by atoms with Gasteiger partial charge in [-0.05, 0) is 65.9 Å². The van der Waals surface area contributed by atoms with Crippen LogP contribution in [0.25, 0.3) is 11.0 Å². The van der Waals surface area contributed by atoms with Crippen molar-refractivity contribution < 1.29 is 18.7 Å². The van der Waals surface area contributed by atoms with E-state index in [-0.39, 0.29) is 28.8 Å². The summed E-state index contributed by atoms with van der Waals surface area (Å²) < 4.78 is 11.1. The highest BCUT2D eigenvalue weighted by atomic mass is 35.5. The highest BCUT2D eigenvalue weighted by molar-refractivity contribution is 6.31. The number of carbonyl (C=O) groups excluding carboxylic acids is 2. The summed E-state index contributed by atoms with van der Waals surface area (Å²) in [4.78, 5) is 41.2. The van der Waals surface area contributed by atoms with Gasteiger partial charge in [0.05, 0.1) is 29.2 Å². The van der Waals surface area contributed by atoms with Crippen LogP contribution in [0.1, 0.15) is 71.3 Å². The van der Waals surface area contributed by atoms with E-state index in [0.717, 1.165) is 11.1 Å². The Hall–Kier alpha value is -3.90. The average Bonchev–Trinajstić information content (AvgIpc) is 3.16. The van der Waals surface area contributed by atoms with Crippen LogP contribution < -0.4 is 10.3 Å². The lowest BCUT2D eigenvalue weighted by Gasteiger charge is -2.26. The molecule has 0 saturated heterocycles. The molecule has 0 radical (unpaired) electrons. The van der Waals surface area contributed by atoms with E-state index in [1.54, 1.807) is 49.4 Å². The molecule has 3 aromatic carbocycles. The first kappa shape index (κ1) is 24.8. The zero-order valence-corrected chi connectivity index (χ0v) is 21.8. The number of carbonyl (C=O) groups is 2. The second kappa shape index (κ2) is 9.20. The van der Waals surface area contributed by atoms with Gasteiger partial charge in [0, 0.05) is 10.7 Å². The first-order chi connectivity index (χ1) is 17.6. The molecule has 5 rings (SSSR count). The molecule has 0 N–H and O–H groups in total. The molecule has 1 aromatic heterocycles. The average molecular weight is 516 g/mol. The molecule has 188 valence electrons. The molecule has 2 heterocycles. The minimum Gasteiger partial charge on any atom is -0.462 e. The number of ether oxygens (including phenoxy) is 1. The molecule has 0 fully saturated rings. The molecular formula is C30H26ClNO5. The minimum absolute atomic E-state index is 0.000750. The van der Waals surface area contributed by atoms with E-state index in [4.69, 9.17) is 20.8 Å². The molecule has 1 aliphatic heterocycles. The van der Waals surface area contributed by atoms with Crippen molar-refractivity contribution in [2.45, 2.75) is 39.2 Å². The number of hydrogen-bond donors (Lipinski definition) is 0. The zero-order chi connectivity index (χ0) is 26.5. The van der Waals surface area contributed by atoms with Crippen LogP contribution in [0.15, 0.2) is 75.9 Å². The zero-order valence-electron chi connectivity index (χ0n) is 21.0. The molecule has 1 amide bonds. The normalized spacial score (nSPS) is 15.2. The van der Waals surface area contributed by atoms with Crippen LogP contribution in [0.3, 0.4) is 0 Å². The van der Waals surface area contributed by atoms with E-state index in [9.17, 15) is 14.4 Å². The van der Waals surface area contributed by atoms with E-state index in [1.807, 2.05) is 24.3 Å². The molecule has 37 heavy (non-hydrogen) atoms. The van der Waals surface area contributed by atoms with Gasteiger partial charge in [-0.25, -0.2) is 4.79 Å². The summed E-state index contributed by atoms with van der Waals surface area (Å²) in [5.74, 6) is -0.878. The Morgan fingerprint density at radius 2 is 1.68 bits per heavy atom. The van der Waals surface area contributed by atoms with Crippen LogP contribution in [0.4, 0.5) is 5.69 Å². The standard InChI is InChI=1S/C30H26ClNO5/c1-5-36-29(35)18-8-13-21(14-9-18)32-25(17-6-10-19(11-7-17)30(2,3)4)24-26(33)22-16-20(31)12-15-23(22)37-27(24)28(32)34/h6-16,25H,5H2,1-4H3. The summed E-state index contributed by atoms with van der Waals surface area (Å²) in [6.45, 7) is 8.37. The predicted molar refractivity (Wildman–Crippen MR) is 144 cm³/mol. The van der Waals surface area contributed by atoms with Gasteiger partial charge in [0.1, 0.15) is 5.58 Å². The van der Waals surface area contributed by atoms with Gasteiger partial charge in [0.25, 0.3) is 5.91 Å². The molecule has 1 unspecified atom stereocenters. The fraction of sp³-hybridized carbons (Fsp3) is 0.233. The summed E-state index contributed by atoms with van der Waals surface area (Å²) in [5, 5.41) is 0.719. The van der Waals surface area contributed by atoms with Crippen LogP contribution >= 0.6 is 11.6 Å². The molecule has 6 nitrogen and oxygen atoms in total. The van der Waals surface area contributed by atoms with E-state index in [2.05, 4.69) is 20.8 Å². The van der Waals surface area contributed by atoms with Gasteiger partial charge >= 0.3 is 5.97 Å².